The van der Waals surface area contributed by atoms with Crippen LogP contribution in [0.25, 0.3) is 0 Å². The topological polar surface area (TPSA) is 55.3 Å². The number of methoxy groups -OCH3 is 2. The minimum absolute atomic E-state index is 0.577. The third kappa shape index (κ3) is 6.08. The van der Waals surface area contributed by atoms with Crippen LogP contribution in [0, 0.1) is 6.92 Å². The van der Waals surface area contributed by atoms with Crippen molar-refractivity contribution in [1.82, 2.24) is 10.2 Å². The number of rotatable bonds is 9. The highest BCUT2D eigenvalue weighted by Gasteiger charge is 2.08. The van der Waals surface area contributed by atoms with Crippen molar-refractivity contribution >= 4 is 5.96 Å². The fourth-order valence-corrected chi connectivity index (χ4v) is 2.87. The Labute approximate surface area is 168 Å². The Morgan fingerprint density at radius 1 is 1.04 bits per heavy atom. The Bertz CT molecular complexity index is 777. The van der Waals surface area contributed by atoms with Crippen molar-refractivity contribution in [2.75, 3.05) is 48.0 Å². The average Bonchev–Trinajstić information content (AvgIpc) is 2.73. The lowest BCUT2D eigenvalue weighted by Crippen LogP contribution is -2.41. The van der Waals surface area contributed by atoms with Gasteiger partial charge in [-0.3, -0.25) is 4.99 Å². The van der Waals surface area contributed by atoms with Crippen LogP contribution in [0.5, 0.6) is 17.2 Å². The van der Waals surface area contributed by atoms with Gasteiger partial charge in [0.1, 0.15) is 12.4 Å². The van der Waals surface area contributed by atoms with Gasteiger partial charge >= 0.3 is 0 Å². The lowest BCUT2D eigenvalue weighted by atomic mass is 10.1. The third-order valence-electron chi connectivity index (χ3n) is 4.49. The fourth-order valence-electron chi connectivity index (χ4n) is 2.87. The van der Waals surface area contributed by atoms with Crippen molar-refractivity contribution in [3.05, 3.63) is 53.6 Å². The molecule has 0 aliphatic rings. The summed E-state index contributed by atoms with van der Waals surface area (Å²) in [4.78, 5) is 6.46. The van der Waals surface area contributed by atoms with Crippen molar-refractivity contribution in [3.63, 3.8) is 0 Å². The first-order valence-electron chi connectivity index (χ1n) is 9.40. The van der Waals surface area contributed by atoms with Gasteiger partial charge in [0.2, 0.25) is 0 Å². The zero-order valence-corrected chi connectivity index (χ0v) is 17.5. The number of nitrogens with zero attached hydrogens (tertiary/aromatic N) is 2. The molecule has 1 N–H and O–H groups in total. The van der Waals surface area contributed by atoms with E-state index < -0.39 is 0 Å². The van der Waals surface area contributed by atoms with E-state index in [1.54, 1.807) is 21.3 Å². The second kappa shape index (κ2) is 11.1. The summed E-state index contributed by atoms with van der Waals surface area (Å²) in [5.74, 6) is 3.25. The van der Waals surface area contributed by atoms with Crippen molar-refractivity contribution in [3.8, 4) is 17.2 Å². The average molecular weight is 386 g/mol. The van der Waals surface area contributed by atoms with Crippen LogP contribution in [0.15, 0.2) is 47.5 Å². The monoisotopic (exact) mass is 385 g/mol. The zero-order chi connectivity index (χ0) is 20.4. The van der Waals surface area contributed by atoms with E-state index in [0.29, 0.717) is 13.2 Å². The van der Waals surface area contributed by atoms with Gasteiger partial charge in [-0.2, -0.15) is 0 Å². The molecule has 2 aromatic carbocycles. The summed E-state index contributed by atoms with van der Waals surface area (Å²) < 4.78 is 16.5. The summed E-state index contributed by atoms with van der Waals surface area (Å²) in [5.41, 5.74) is 2.32. The number of likely N-dealkylation sites (N-methyl/N-ethyl adjacent to an activating group) is 1. The number of aliphatic imine (C=N–C) groups is 1. The highest BCUT2D eigenvalue weighted by atomic mass is 16.5. The molecule has 0 amide bonds. The third-order valence-corrected chi connectivity index (χ3v) is 4.49. The Balaban J connectivity index is 1.80. The first-order chi connectivity index (χ1) is 13.6. The molecule has 0 radical (unpaired) electrons. The summed E-state index contributed by atoms with van der Waals surface area (Å²) in [6.45, 7) is 4.13. The summed E-state index contributed by atoms with van der Waals surface area (Å²) >= 11 is 0. The van der Waals surface area contributed by atoms with Gasteiger partial charge in [-0.25, -0.2) is 0 Å². The molecule has 2 aromatic rings. The van der Waals surface area contributed by atoms with Crippen LogP contribution >= 0.6 is 0 Å². The van der Waals surface area contributed by atoms with Crippen LogP contribution in [-0.4, -0.2) is 58.9 Å². The van der Waals surface area contributed by atoms with Gasteiger partial charge in [0, 0.05) is 20.6 Å². The van der Waals surface area contributed by atoms with Crippen LogP contribution in [-0.2, 0) is 6.42 Å². The van der Waals surface area contributed by atoms with Crippen molar-refractivity contribution in [2.24, 2.45) is 4.99 Å². The van der Waals surface area contributed by atoms with E-state index in [1.165, 1.54) is 5.56 Å². The Hall–Kier alpha value is -2.89. The highest BCUT2D eigenvalue weighted by Crippen LogP contribution is 2.27. The summed E-state index contributed by atoms with van der Waals surface area (Å²) in [6.07, 6.45) is 0.872. The summed E-state index contributed by atoms with van der Waals surface area (Å²) in [5, 5.41) is 3.34. The van der Waals surface area contributed by atoms with Crippen molar-refractivity contribution in [2.45, 2.75) is 13.3 Å². The normalized spacial score (nSPS) is 11.1. The van der Waals surface area contributed by atoms with Gasteiger partial charge in [-0.1, -0.05) is 24.3 Å². The molecule has 0 aliphatic carbocycles. The van der Waals surface area contributed by atoms with E-state index in [2.05, 4.69) is 21.3 Å². The van der Waals surface area contributed by atoms with E-state index in [1.807, 2.05) is 50.4 Å². The predicted molar refractivity (Wildman–Crippen MR) is 114 cm³/mol. The number of hydrogen-bond donors (Lipinski definition) is 1. The second-order valence-corrected chi connectivity index (χ2v) is 6.45. The first kappa shape index (κ1) is 21.4. The highest BCUT2D eigenvalue weighted by molar-refractivity contribution is 5.79. The van der Waals surface area contributed by atoms with Crippen LogP contribution < -0.4 is 19.5 Å². The van der Waals surface area contributed by atoms with E-state index in [0.717, 1.165) is 41.7 Å². The van der Waals surface area contributed by atoms with Gasteiger partial charge in [0.05, 0.1) is 20.8 Å². The molecule has 0 atom stereocenters. The minimum atomic E-state index is 0.577. The number of aryl methyl sites for hydroxylation is 1. The largest absolute Gasteiger partial charge is 0.493 e. The quantitative estimate of drug-likeness (QED) is 0.408. The smallest absolute Gasteiger partial charge is 0.193 e. The minimum Gasteiger partial charge on any atom is -0.493 e. The van der Waals surface area contributed by atoms with Crippen LogP contribution in [0.2, 0.25) is 0 Å². The van der Waals surface area contributed by atoms with E-state index in [9.17, 15) is 0 Å². The lowest BCUT2D eigenvalue weighted by Gasteiger charge is -2.22. The van der Waals surface area contributed by atoms with Crippen molar-refractivity contribution < 1.29 is 14.2 Å². The molecule has 6 heteroatoms. The van der Waals surface area contributed by atoms with E-state index >= 15 is 0 Å². The molecule has 0 aliphatic heterocycles. The molecular weight excluding hydrogens is 354 g/mol. The Kier molecular flexibility index (Phi) is 8.46. The van der Waals surface area contributed by atoms with Crippen LogP contribution in [0.1, 0.15) is 11.1 Å². The maximum atomic E-state index is 5.83. The maximum Gasteiger partial charge on any atom is 0.193 e. The maximum absolute atomic E-state index is 5.83. The van der Waals surface area contributed by atoms with Crippen LogP contribution in [0.4, 0.5) is 0 Å². The first-order valence-corrected chi connectivity index (χ1v) is 9.40. The van der Waals surface area contributed by atoms with Crippen LogP contribution in [0.3, 0.4) is 0 Å². The van der Waals surface area contributed by atoms with Crippen molar-refractivity contribution in [1.29, 1.82) is 0 Å². The fraction of sp³-hybridized carbons (Fsp3) is 0.409. The molecular formula is C22H31N3O3. The molecule has 0 saturated carbocycles. The standard InChI is InChI=1S/C22H31N3O3/c1-17-8-6-7-9-19(17)28-15-13-24-22(23-2)25(3)14-12-18-10-11-20(26-4)21(16-18)27-5/h6-11,16H,12-15H2,1-5H3,(H,23,24). The zero-order valence-electron chi connectivity index (χ0n) is 17.5. The summed E-state index contributed by atoms with van der Waals surface area (Å²) in [7, 11) is 7.11. The molecule has 152 valence electrons. The molecule has 0 aromatic heterocycles. The van der Waals surface area contributed by atoms with Gasteiger partial charge < -0.3 is 24.4 Å². The number of hydrogen-bond acceptors (Lipinski definition) is 4. The molecule has 0 bridgehead atoms. The number of guanidine groups is 1. The number of para-hydroxylation sites is 1. The molecule has 2 rings (SSSR count). The van der Waals surface area contributed by atoms with E-state index in [-0.39, 0.29) is 0 Å². The molecule has 0 saturated heterocycles. The molecule has 0 unspecified atom stereocenters. The van der Waals surface area contributed by atoms with Gasteiger partial charge in [0.25, 0.3) is 0 Å². The number of nitrogens with one attached hydrogen (secondary N) is 1. The molecule has 0 heterocycles. The van der Waals surface area contributed by atoms with E-state index in [4.69, 9.17) is 14.2 Å². The second-order valence-electron chi connectivity index (χ2n) is 6.45. The summed E-state index contributed by atoms with van der Waals surface area (Å²) in [6, 6.07) is 14.0. The Morgan fingerprint density at radius 3 is 2.46 bits per heavy atom. The molecule has 28 heavy (non-hydrogen) atoms. The van der Waals surface area contributed by atoms with Gasteiger partial charge in [0.15, 0.2) is 17.5 Å². The lowest BCUT2D eigenvalue weighted by molar-refractivity contribution is 0.317. The Morgan fingerprint density at radius 2 is 1.79 bits per heavy atom. The SMILES string of the molecule is CN=C(NCCOc1ccccc1C)N(C)CCc1ccc(OC)c(OC)c1. The predicted octanol–water partition coefficient (Wildman–Crippen LogP) is 3.14. The van der Waals surface area contributed by atoms with Gasteiger partial charge in [-0.05, 0) is 42.7 Å². The molecule has 0 fully saturated rings. The number of benzene rings is 2. The molecule has 0 spiro atoms. The molecule has 6 nitrogen and oxygen atoms in total. The van der Waals surface area contributed by atoms with Gasteiger partial charge in [-0.15, -0.1) is 0 Å². The number of ether oxygens (including phenoxy) is 3.